The van der Waals surface area contributed by atoms with E-state index in [-0.39, 0.29) is 34.7 Å². The van der Waals surface area contributed by atoms with E-state index in [1.807, 2.05) is 49.9 Å². The fourth-order valence-corrected chi connectivity index (χ4v) is 0. The second-order valence-corrected chi connectivity index (χ2v) is 0.922. The van der Waals surface area contributed by atoms with Gasteiger partial charge >= 0.3 is 114 Å². The Morgan fingerprint density at radius 2 is 0.636 bits per heavy atom. The molecule has 0 aromatic rings. The van der Waals surface area contributed by atoms with Crippen LogP contribution in [0, 0.1) is 0 Å². The first kappa shape index (κ1) is 29.2. The van der Waals surface area contributed by atoms with Crippen molar-refractivity contribution in [2.45, 2.75) is 0 Å². The van der Waals surface area contributed by atoms with Crippen LogP contribution in [-0.4, -0.2) is 34.7 Å². The van der Waals surface area contributed by atoms with Crippen molar-refractivity contribution in [3.05, 3.63) is 17.7 Å². The van der Waals surface area contributed by atoms with E-state index in [2.05, 4.69) is 11.7 Å². The molecule has 11 heavy (non-hydrogen) atoms. The van der Waals surface area contributed by atoms with Gasteiger partial charge in [0, 0.05) is 0 Å². The fraction of sp³-hybridized carbons (Fsp3) is 0. The van der Waals surface area contributed by atoms with Crippen molar-refractivity contribution >= 4 is 34.7 Å². The third-order valence-electron chi connectivity index (χ3n) is 0. The third kappa shape index (κ3) is 230. The molecule has 0 atom stereocenters. The molecule has 0 amide bonds. The predicted octanol–water partition coefficient (Wildman–Crippen LogP) is -0.108. The first-order valence-corrected chi connectivity index (χ1v) is 2.61. The monoisotopic (exact) mass is 300 g/mol. The quantitative estimate of drug-likeness (QED) is 0.461. The Hall–Kier alpha value is 2.42. The summed E-state index contributed by atoms with van der Waals surface area (Å²) < 4.78 is 9.38. The minimum atomic E-state index is 0. The van der Waals surface area contributed by atoms with Gasteiger partial charge in [0.1, 0.15) is 0 Å². The van der Waals surface area contributed by atoms with E-state index in [9.17, 15) is 0 Å². The molecule has 0 fully saturated rings. The fourth-order valence-electron chi connectivity index (χ4n) is 0. The molecular formula is Al2Cr3N3O3. The van der Waals surface area contributed by atoms with Crippen molar-refractivity contribution < 1.29 is 61.5 Å². The maximum absolute atomic E-state index is 7.01. The van der Waals surface area contributed by atoms with Crippen LogP contribution >= 0.6 is 0 Å². The predicted molar refractivity (Wildman–Crippen MR) is 24.8 cm³/mol. The van der Waals surface area contributed by atoms with Crippen molar-refractivity contribution in [3.8, 4) is 0 Å². The Labute approximate surface area is 113 Å². The molecule has 0 radical (unpaired) electrons. The average molecular weight is 300 g/mol. The summed E-state index contributed by atoms with van der Waals surface area (Å²) in [6.45, 7) is 0. The Morgan fingerprint density at radius 1 is 0.636 bits per heavy atom. The molecule has 0 aromatic heterocycles. The van der Waals surface area contributed by atoms with Gasteiger partial charge in [-0.3, -0.25) is 0 Å². The summed E-state index contributed by atoms with van der Waals surface area (Å²) in [6, 6.07) is 0. The maximum atomic E-state index is 7.01. The summed E-state index contributed by atoms with van der Waals surface area (Å²) in [5.41, 5.74) is 0. The summed E-state index contributed by atoms with van der Waals surface area (Å²) >= 11 is 5.58. The van der Waals surface area contributed by atoms with Crippen LogP contribution in [0.2, 0.25) is 0 Å². The van der Waals surface area contributed by atoms with E-state index in [1.165, 1.54) is 0 Å². The van der Waals surface area contributed by atoms with Crippen molar-refractivity contribution in [1.29, 1.82) is 0 Å². The molecule has 0 N–H and O–H groups in total. The van der Waals surface area contributed by atoms with Crippen molar-refractivity contribution in [3.63, 3.8) is 0 Å². The zero-order valence-electron chi connectivity index (χ0n) is 4.95. The number of hydrogen-bond donors (Lipinski definition) is 0. The van der Waals surface area contributed by atoms with Crippen LogP contribution in [0.4, 0.5) is 0 Å². The van der Waals surface area contributed by atoms with E-state index >= 15 is 0 Å². The Kier molecular flexibility index (Phi) is 146. The van der Waals surface area contributed by atoms with Crippen LogP contribution in [0.25, 0.3) is 17.7 Å². The normalized spacial score (nSPS) is 4.64. The molecule has 0 unspecified atom stereocenters. The SMILES string of the molecule is [Al+3].[Al+3].[N-2][O][Cr].[N-2][O][Cr].[N-2][O][Cr]. The van der Waals surface area contributed by atoms with E-state index in [1.54, 1.807) is 0 Å². The molecule has 0 spiro atoms. The molecular weight excluding hydrogens is 300 g/mol. The second kappa shape index (κ2) is 55.1. The third-order valence-corrected chi connectivity index (χ3v) is 0. The van der Waals surface area contributed by atoms with E-state index in [0.717, 1.165) is 0 Å². The molecule has 0 aliphatic carbocycles. The topological polar surface area (TPSA) is 94.6 Å². The Morgan fingerprint density at radius 3 is 0.636 bits per heavy atom. The zero-order valence-corrected chi connectivity index (χ0v) is 11.1. The van der Waals surface area contributed by atoms with E-state index in [4.69, 9.17) is 17.7 Å². The molecule has 0 rings (SSSR count). The molecule has 0 aromatic carbocycles. The number of hydrogen-bond acceptors (Lipinski definition) is 3. The summed E-state index contributed by atoms with van der Waals surface area (Å²) in [5, 5.41) is 0. The summed E-state index contributed by atoms with van der Waals surface area (Å²) in [7, 11) is 0. The molecule has 0 heterocycles. The number of rotatable bonds is 0. The number of nitrogens with zero attached hydrogens (tertiary/aromatic N) is 3. The summed E-state index contributed by atoms with van der Waals surface area (Å²) in [6.07, 6.45) is 0. The molecule has 0 aliphatic rings. The van der Waals surface area contributed by atoms with Gasteiger partial charge in [-0.1, -0.05) is 0 Å². The van der Waals surface area contributed by atoms with E-state index in [0.29, 0.717) is 0 Å². The molecule has 0 saturated heterocycles. The van der Waals surface area contributed by atoms with Gasteiger partial charge in [-0.05, 0) is 0 Å². The summed E-state index contributed by atoms with van der Waals surface area (Å²) in [5.74, 6) is 21.0. The van der Waals surface area contributed by atoms with Gasteiger partial charge in [-0.25, -0.2) is 0 Å². The van der Waals surface area contributed by atoms with Crippen LogP contribution in [0.15, 0.2) is 0 Å². The summed E-state index contributed by atoms with van der Waals surface area (Å²) in [4.78, 5) is 0. The van der Waals surface area contributed by atoms with Crippen LogP contribution in [-0.2, 0) is 61.5 Å². The van der Waals surface area contributed by atoms with Crippen LogP contribution < -0.4 is 0 Å². The zero-order chi connectivity index (χ0) is 8.12. The van der Waals surface area contributed by atoms with Gasteiger partial charge in [0.2, 0.25) is 0 Å². The van der Waals surface area contributed by atoms with Gasteiger partial charge in [-0.2, -0.15) is 0 Å². The second-order valence-electron chi connectivity index (χ2n) is 0.224. The first-order chi connectivity index (χ1) is 4.24. The first-order valence-electron chi connectivity index (χ1n) is 1.05. The molecule has 57 valence electrons. The van der Waals surface area contributed by atoms with Gasteiger partial charge in [0.15, 0.2) is 0 Å². The molecule has 0 aliphatic heterocycles. The van der Waals surface area contributed by atoms with E-state index < -0.39 is 0 Å². The van der Waals surface area contributed by atoms with Crippen molar-refractivity contribution in [1.82, 2.24) is 0 Å². The van der Waals surface area contributed by atoms with Gasteiger partial charge in [0.25, 0.3) is 0 Å². The van der Waals surface area contributed by atoms with Crippen molar-refractivity contribution in [2.24, 2.45) is 0 Å². The van der Waals surface area contributed by atoms with Gasteiger partial charge in [-0.15, -0.1) is 0 Å². The van der Waals surface area contributed by atoms with Crippen molar-refractivity contribution in [2.75, 3.05) is 0 Å². The minimum absolute atomic E-state index is 0. The van der Waals surface area contributed by atoms with Crippen LogP contribution in [0.5, 0.6) is 0 Å². The Balaban J connectivity index is -0.0000000150. The van der Waals surface area contributed by atoms with Gasteiger partial charge < -0.3 is 0 Å². The van der Waals surface area contributed by atoms with Gasteiger partial charge in [0.05, 0.1) is 0 Å². The standard InChI is InChI=1S/2Al.3Cr.3NO/c;;;;;3*1-2/q2*+3;3*+1;3*-3. The molecule has 6 nitrogen and oxygen atoms in total. The average Bonchev–Trinajstić information content (AvgIpc) is 1.70. The van der Waals surface area contributed by atoms with Crippen LogP contribution in [0.3, 0.4) is 0 Å². The Bertz CT molecular complexity index is 26.5. The molecule has 11 heteroatoms. The van der Waals surface area contributed by atoms with Crippen LogP contribution in [0.1, 0.15) is 0 Å². The molecule has 0 bridgehead atoms. The molecule has 0 saturated carbocycles.